The lowest BCUT2D eigenvalue weighted by molar-refractivity contribution is -0.118. The van der Waals surface area contributed by atoms with Crippen LogP contribution >= 0.6 is 11.3 Å². The Morgan fingerprint density at radius 1 is 1.21 bits per heavy atom. The molecule has 24 heavy (non-hydrogen) atoms. The highest BCUT2D eigenvalue weighted by atomic mass is 32.1. The lowest BCUT2D eigenvalue weighted by Gasteiger charge is -2.21. The van der Waals surface area contributed by atoms with Gasteiger partial charge in [-0.3, -0.25) is 9.20 Å². The lowest BCUT2D eigenvalue weighted by Crippen LogP contribution is -2.31. The lowest BCUT2D eigenvalue weighted by atomic mass is 10.2. The summed E-state index contributed by atoms with van der Waals surface area (Å²) in [5, 5.41) is 1.97. The van der Waals surface area contributed by atoms with Gasteiger partial charge in [-0.15, -0.1) is 11.3 Å². The molecule has 5 nitrogen and oxygen atoms in total. The van der Waals surface area contributed by atoms with Gasteiger partial charge in [-0.25, -0.2) is 4.98 Å². The third-order valence-electron chi connectivity index (χ3n) is 3.74. The first kappa shape index (κ1) is 14.7. The Labute approximate surface area is 142 Å². The number of hydrogen-bond acceptors (Lipinski definition) is 4. The first-order valence-electron chi connectivity index (χ1n) is 7.58. The maximum absolute atomic E-state index is 12.9. The van der Waals surface area contributed by atoms with Crippen molar-refractivity contribution in [3.63, 3.8) is 0 Å². The number of nitrogens with zero attached hydrogens (tertiary/aromatic N) is 3. The molecule has 0 unspecified atom stereocenters. The quantitative estimate of drug-likeness (QED) is 0.557. The predicted octanol–water partition coefficient (Wildman–Crippen LogP) is 3.76. The summed E-state index contributed by atoms with van der Waals surface area (Å²) in [6.07, 6.45) is 5.72. The predicted molar refractivity (Wildman–Crippen MR) is 93.1 cm³/mol. The van der Waals surface area contributed by atoms with Crippen LogP contribution in [0.5, 0.6) is 0 Å². The number of thiazole rings is 1. The fraction of sp³-hybridized carbons (Fsp3) is 0.111. The third-order valence-corrected chi connectivity index (χ3v) is 4.51. The van der Waals surface area contributed by atoms with E-state index in [-0.39, 0.29) is 12.3 Å². The van der Waals surface area contributed by atoms with Gasteiger partial charge in [0.2, 0.25) is 5.91 Å². The van der Waals surface area contributed by atoms with Crippen LogP contribution in [0.2, 0.25) is 0 Å². The van der Waals surface area contributed by atoms with Crippen LogP contribution < -0.4 is 4.90 Å². The standard InChI is InChI=1S/C18H15N3O2S/c22-17(11-14-12-20-8-10-24-18(20)19-14)21(13-16-7-4-9-23-16)15-5-2-1-3-6-15/h1-10,12H,11,13H2. The van der Waals surface area contributed by atoms with E-state index < -0.39 is 0 Å². The zero-order valence-corrected chi connectivity index (χ0v) is 13.6. The molecule has 3 heterocycles. The maximum Gasteiger partial charge on any atom is 0.233 e. The Balaban J connectivity index is 1.59. The number of carbonyl (C=O) groups excluding carboxylic acids is 1. The van der Waals surface area contributed by atoms with Crippen LogP contribution in [0.15, 0.2) is 70.9 Å². The Morgan fingerprint density at radius 3 is 2.83 bits per heavy atom. The van der Waals surface area contributed by atoms with E-state index in [1.165, 1.54) is 0 Å². The van der Waals surface area contributed by atoms with E-state index in [0.29, 0.717) is 6.54 Å². The minimum atomic E-state index is -0.0108. The SMILES string of the molecule is O=C(Cc1cn2ccsc2n1)N(Cc1ccco1)c1ccccc1. The van der Waals surface area contributed by atoms with Crippen LogP contribution in [-0.2, 0) is 17.8 Å². The van der Waals surface area contributed by atoms with Crippen molar-refractivity contribution in [2.75, 3.05) is 4.90 Å². The molecule has 1 aromatic carbocycles. The molecule has 4 rings (SSSR count). The van der Waals surface area contributed by atoms with Crippen molar-refractivity contribution in [2.45, 2.75) is 13.0 Å². The van der Waals surface area contributed by atoms with Crippen LogP contribution in [0.4, 0.5) is 5.69 Å². The van der Waals surface area contributed by atoms with Gasteiger partial charge in [0, 0.05) is 23.5 Å². The van der Waals surface area contributed by atoms with Crippen molar-refractivity contribution in [3.05, 3.63) is 78.0 Å². The summed E-state index contributed by atoms with van der Waals surface area (Å²) in [5.41, 5.74) is 1.62. The average Bonchev–Trinajstić information content (AvgIpc) is 3.30. The van der Waals surface area contributed by atoms with Crippen LogP contribution in [-0.4, -0.2) is 15.3 Å². The fourth-order valence-corrected chi connectivity index (χ4v) is 3.32. The minimum absolute atomic E-state index is 0.0108. The largest absolute Gasteiger partial charge is 0.467 e. The molecule has 0 bridgehead atoms. The molecule has 0 fully saturated rings. The molecule has 0 spiro atoms. The molecule has 6 heteroatoms. The molecule has 0 saturated heterocycles. The molecule has 4 aromatic rings. The zero-order chi connectivity index (χ0) is 16.4. The number of benzene rings is 1. The number of rotatable bonds is 5. The summed E-state index contributed by atoms with van der Waals surface area (Å²) in [4.78, 5) is 20.0. The number of anilines is 1. The molecular formula is C18H15N3O2S. The Morgan fingerprint density at radius 2 is 2.08 bits per heavy atom. The van der Waals surface area contributed by atoms with Crippen LogP contribution in [0, 0.1) is 0 Å². The molecule has 3 aromatic heterocycles. The average molecular weight is 337 g/mol. The molecule has 0 aliphatic heterocycles. The number of para-hydroxylation sites is 1. The van der Waals surface area contributed by atoms with Gasteiger partial charge in [0.1, 0.15) is 5.76 Å². The second-order valence-corrected chi connectivity index (χ2v) is 6.27. The summed E-state index contributed by atoms with van der Waals surface area (Å²) in [6, 6.07) is 13.3. The molecule has 1 amide bonds. The summed E-state index contributed by atoms with van der Waals surface area (Å²) in [7, 11) is 0. The highest BCUT2D eigenvalue weighted by Crippen LogP contribution is 2.19. The first-order valence-corrected chi connectivity index (χ1v) is 8.46. The maximum atomic E-state index is 12.9. The summed E-state index contributed by atoms with van der Waals surface area (Å²) < 4.78 is 7.35. The van der Waals surface area contributed by atoms with Gasteiger partial charge in [0.05, 0.1) is 24.9 Å². The zero-order valence-electron chi connectivity index (χ0n) is 12.8. The van der Waals surface area contributed by atoms with Crippen molar-refractivity contribution in [3.8, 4) is 0 Å². The molecular weight excluding hydrogens is 322 g/mol. The second kappa shape index (κ2) is 6.33. The van der Waals surface area contributed by atoms with E-state index in [4.69, 9.17) is 4.42 Å². The van der Waals surface area contributed by atoms with Crippen LogP contribution in [0.25, 0.3) is 4.96 Å². The van der Waals surface area contributed by atoms with E-state index in [1.54, 1.807) is 22.5 Å². The fourth-order valence-electron chi connectivity index (χ4n) is 2.60. The Bertz CT molecular complexity index is 913. The number of hydrogen-bond donors (Lipinski definition) is 0. The number of carbonyl (C=O) groups is 1. The summed E-state index contributed by atoms with van der Waals surface area (Å²) >= 11 is 1.56. The van der Waals surface area contributed by atoms with E-state index >= 15 is 0 Å². The third kappa shape index (κ3) is 2.96. The Hall–Kier alpha value is -2.86. The molecule has 0 aliphatic carbocycles. The van der Waals surface area contributed by atoms with Crippen molar-refractivity contribution in [2.24, 2.45) is 0 Å². The second-order valence-electron chi connectivity index (χ2n) is 5.40. The molecule has 0 saturated carbocycles. The topological polar surface area (TPSA) is 50.8 Å². The van der Waals surface area contributed by atoms with Crippen molar-refractivity contribution < 1.29 is 9.21 Å². The highest BCUT2D eigenvalue weighted by Gasteiger charge is 2.19. The van der Waals surface area contributed by atoms with Gasteiger partial charge < -0.3 is 9.32 Å². The highest BCUT2D eigenvalue weighted by molar-refractivity contribution is 7.15. The number of amides is 1. The van der Waals surface area contributed by atoms with E-state index in [2.05, 4.69) is 4.98 Å². The summed E-state index contributed by atoms with van der Waals surface area (Å²) in [5.74, 6) is 0.737. The van der Waals surface area contributed by atoms with E-state index in [1.807, 2.05) is 64.6 Å². The molecule has 0 radical (unpaired) electrons. The monoisotopic (exact) mass is 337 g/mol. The van der Waals surface area contributed by atoms with Gasteiger partial charge >= 0.3 is 0 Å². The number of imidazole rings is 1. The number of aromatic nitrogens is 2. The van der Waals surface area contributed by atoms with Crippen molar-refractivity contribution in [1.29, 1.82) is 0 Å². The Kier molecular flexibility index (Phi) is 3.88. The van der Waals surface area contributed by atoms with E-state index in [9.17, 15) is 4.79 Å². The van der Waals surface area contributed by atoms with Crippen LogP contribution in [0.1, 0.15) is 11.5 Å². The van der Waals surface area contributed by atoms with Gasteiger partial charge in [0.15, 0.2) is 4.96 Å². The van der Waals surface area contributed by atoms with Gasteiger partial charge in [0.25, 0.3) is 0 Å². The van der Waals surface area contributed by atoms with Crippen LogP contribution in [0.3, 0.4) is 0 Å². The molecule has 120 valence electrons. The first-order chi connectivity index (χ1) is 11.8. The number of fused-ring (bicyclic) bond motifs is 1. The van der Waals surface area contributed by atoms with Gasteiger partial charge in [-0.1, -0.05) is 18.2 Å². The van der Waals surface area contributed by atoms with E-state index in [0.717, 1.165) is 22.1 Å². The van der Waals surface area contributed by atoms with Gasteiger partial charge in [-0.05, 0) is 24.3 Å². The molecule has 0 aliphatic rings. The van der Waals surface area contributed by atoms with Crippen molar-refractivity contribution >= 4 is 27.9 Å². The normalized spacial score (nSPS) is 11.0. The van der Waals surface area contributed by atoms with Crippen molar-refractivity contribution in [1.82, 2.24) is 9.38 Å². The molecule has 0 atom stereocenters. The number of furan rings is 1. The summed E-state index contributed by atoms with van der Waals surface area (Å²) in [6.45, 7) is 0.401. The smallest absolute Gasteiger partial charge is 0.233 e. The minimum Gasteiger partial charge on any atom is -0.467 e. The molecule has 0 N–H and O–H groups in total. The van der Waals surface area contributed by atoms with Gasteiger partial charge in [-0.2, -0.15) is 0 Å².